The summed E-state index contributed by atoms with van der Waals surface area (Å²) in [6.07, 6.45) is -0.0652. The summed E-state index contributed by atoms with van der Waals surface area (Å²) in [4.78, 5) is 15.5. The molecule has 1 fully saturated rings. The molecule has 1 atom stereocenters. The number of aromatic nitrogens is 1. The summed E-state index contributed by atoms with van der Waals surface area (Å²) in [5, 5.41) is 3.94. The summed E-state index contributed by atoms with van der Waals surface area (Å²) in [6.45, 7) is 8.74. The standard InChI is InChI=1S/C18H24N2O3/c1-18(2,3)13-5-4-12-8-16(20-15(12)9-13)17(21)19-10-14-11-22-6-7-23-14/h4-5,8-9,14,20H,6-7,10-11H2,1-3H3,(H,19,21)/t14-/m0/s1. The van der Waals surface area contributed by atoms with Crippen molar-refractivity contribution in [2.45, 2.75) is 32.3 Å². The zero-order valence-corrected chi connectivity index (χ0v) is 13.9. The predicted octanol–water partition coefficient (Wildman–Crippen LogP) is 2.61. The average Bonchev–Trinajstić information content (AvgIpc) is 2.96. The van der Waals surface area contributed by atoms with E-state index in [4.69, 9.17) is 9.47 Å². The lowest BCUT2D eigenvalue weighted by molar-refractivity contribution is -0.0855. The van der Waals surface area contributed by atoms with E-state index in [9.17, 15) is 4.79 Å². The molecule has 0 saturated carbocycles. The van der Waals surface area contributed by atoms with E-state index in [0.717, 1.165) is 10.9 Å². The smallest absolute Gasteiger partial charge is 0.267 e. The van der Waals surface area contributed by atoms with E-state index in [0.29, 0.717) is 32.1 Å². The molecule has 1 aromatic heterocycles. The molecule has 23 heavy (non-hydrogen) atoms. The van der Waals surface area contributed by atoms with Crippen molar-refractivity contribution >= 4 is 16.8 Å². The van der Waals surface area contributed by atoms with Gasteiger partial charge in [-0.25, -0.2) is 0 Å². The fourth-order valence-corrected chi connectivity index (χ4v) is 2.67. The Bertz CT molecular complexity index is 694. The summed E-state index contributed by atoms with van der Waals surface area (Å²) in [5.74, 6) is -0.118. The first-order chi connectivity index (χ1) is 10.9. The molecule has 2 aromatic rings. The number of fused-ring (bicyclic) bond motifs is 1. The molecule has 1 aliphatic heterocycles. The maximum absolute atomic E-state index is 12.3. The number of nitrogens with one attached hydrogen (secondary N) is 2. The number of rotatable bonds is 3. The summed E-state index contributed by atoms with van der Waals surface area (Å²) >= 11 is 0. The van der Waals surface area contributed by atoms with Gasteiger partial charge in [-0.3, -0.25) is 4.79 Å². The summed E-state index contributed by atoms with van der Waals surface area (Å²) in [7, 11) is 0. The number of aromatic amines is 1. The van der Waals surface area contributed by atoms with Crippen molar-refractivity contribution in [3.8, 4) is 0 Å². The second-order valence-electron chi connectivity index (χ2n) is 7.01. The molecule has 1 amide bonds. The van der Waals surface area contributed by atoms with Crippen molar-refractivity contribution in [2.75, 3.05) is 26.4 Å². The maximum Gasteiger partial charge on any atom is 0.267 e. The van der Waals surface area contributed by atoms with Crippen LogP contribution in [0.25, 0.3) is 10.9 Å². The minimum absolute atomic E-state index is 0.0652. The fourth-order valence-electron chi connectivity index (χ4n) is 2.67. The van der Waals surface area contributed by atoms with E-state index >= 15 is 0 Å². The van der Waals surface area contributed by atoms with Crippen molar-refractivity contribution in [1.82, 2.24) is 10.3 Å². The zero-order chi connectivity index (χ0) is 16.4. The molecule has 0 aliphatic carbocycles. The second-order valence-corrected chi connectivity index (χ2v) is 7.01. The first-order valence-electron chi connectivity index (χ1n) is 8.04. The van der Waals surface area contributed by atoms with E-state index in [1.165, 1.54) is 5.56 Å². The van der Waals surface area contributed by atoms with Crippen molar-refractivity contribution in [2.24, 2.45) is 0 Å². The minimum atomic E-state index is -0.118. The maximum atomic E-state index is 12.3. The highest BCUT2D eigenvalue weighted by Crippen LogP contribution is 2.26. The third kappa shape index (κ3) is 3.74. The Morgan fingerprint density at radius 2 is 2.13 bits per heavy atom. The van der Waals surface area contributed by atoms with Crippen LogP contribution in [0.4, 0.5) is 0 Å². The Morgan fingerprint density at radius 3 is 2.83 bits per heavy atom. The van der Waals surface area contributed by atoms with Gasteiger partial charge in [0.15, 0.2) is 0 Å². The molecule has 0 spiro atoms. The number of carbonyl (C=O) groups is 1. The number of hydrogen-bond donors (Lipinski definition) is 2. The molecule has 0 unspecified atom stereocenters. The number of hydrogen-bond acceptors (Lipinski definition) is 3. The van der Waals surface area contributed by atoms with Crippen LogP contribution < -0.4 is 5.32 Å². The molecule has 0 radical (unpaired) electrons. The molecule has 2 heterocycles. The van der Waals surface area contributed by atoms with E-state index in [1.807, 2.05) is 6.07 Å². The summed E-state index contributed by atoms with van der Waals surface area (Å²) in [5.41, 5.74) is 2.88. The quantitative estimate of drug-likeness (QED) is 0.915. The Hall–Kier alpha value is -1.85. The Balaban J connectivity index is 1.70. The lowest BCUT2D eigenvalue weighted by atomic mass is 9.87. The van der Waals surface area contributed by atoms with Crippen LogP contribution in [0.15, 0.2) is 24.3 Å². The van der Waals surface area contributed by atoms with Gasteiger partial charge < -0.3 is 19.8 Å². The van der Waals surface area contributed by atoms with Gasteiger partial charge in [0.2, 0.25) is 0 Å². The van der Waals surface area contributed by atoms with Crippen LogP contribution in [0, 0.1) is 0 Å². The minimum Gasteiger partial charge on any atom is -0.376 e. The van der Waals surface area contributed by atoms with Crippen LogP contribution in [-0.2, 0) is 14.9 Å². The molecular weight excluding hydrogens is 292 g/mol. The monoisotopic (exact) mass is 316 g/mol. The van der Waals surface area contributed by atoms with E-state index < -0.39 is 0 Å². The van der Waals surface area contributed by atoms with E-state index in [1.54, 1.807) is 0 Å². The Morgan fingerprint density at radius 1 is 1.30 bits per heavy atom. The van der Waals surface area contributed by atoms with Crippen molar-refractivity contribution < 1.29 is 14.3 Å². The van der Waals surface area contributed by atoms with Crippen LogP contribution in [-0.4, -0.2) is 43.4 Å². The molecule has 2 N–H and O–H groups in total. The van der Waals surface area contributed by atoms with Gasteiger partial charge in [-0.15, -0.1) is 0 Å². The summed E-state index contributed by atoms with van der Waals surface area (Å²) in [6, 6.07) is 8.17. The third-order valence-corrected chi connectivity index (χ3v) is 4.11. The average molecular weight is 316 g/mol. The van der Waals surface area contributed by atoms with Gasteiger partial charge >= 0.3 is 0 Å². The molecular formula is C18H24N2O3. The van der Waals surface area contributed by atoms with E-state index in [2.05, 4.69) is 49.3 Å². The van der Waals surface area contributed by atoms with Crippen molar-refractivity contribution in [1.29, 1.82) is 0 Å². The first-order valence-corrected chi connectivity index (χ1v) is 8.04. The molecule has 1 aliphatic rings. The normalized spacial score (nSPS) is 19.0. The number of benzene rings is 1. The van der Waals surface area contributed by atoms with Gasteiger partial charge in [0.25, 0.3) is 5.91 Å². The highest BCUT2D eigenvalue weighted by molar-refractivity contribution is 5.98. The molecule has 5 nitrogen and oxygen atoms in total. The molecule has 3 rings (SSSR count). The van der Waals surface area contributed by atoms with Crippen LogP contribution >= 0.6 is 0 Å². The molecule has 5 heteroatoms. The number of H-pyrrole nitrogens is 1. The largest absolute Gasteiger partial charge is 0.376 e. The third-order valence-electron chi connectivity index (χ3n) is 4.11. The lowest BCUT2D eigenvalue weighted by Crippen LogP contribution is -2.39. The van der Waals surface area contributed by atoms with Gasteiger partial charge in [0, 0.05) is 17.4 Å². The van der Waals surface area contributed by atoms with Crippen molar-refractivity contribution in [3.63, 3.8) is 0 Å². The van der Waals surface area contributed by atoms with Gasteiger partial charge in [-0.05, 0) is 23.1 Å². The van der Waals surface area contributed by atoms with Crippen LogP contribution in [0.3, 0.4) is 0 Å². The number of ether oxygens (including phenoxy) is 2. The molecule has 0 bridgehead atoms. The lowest BCUT2D eigenvalue weighted by Gasteiger charge is -2.22. The number of amides is 1. The molecule has 124 valence electrons. The Kier molecular flexibility index (Phi) is 4.41. The fraction of sp³-hybridized carbons (Fsp3) is 0.500. The zero-order valence-electron chi connectivity index (χ0n) is 13.9. The van der Waals surface area contributed by atoms with Gasteiger partial charge in [0.05, 0.1) is 25.9 Å². The topological polar surface area (TPSA) is 63.4 Å². The Labute approximate surface area is 136 Å². The van der Waals surface area contributed by atoms with Crippen molar-refractivity contribution in [3.05, 3.63) is 35.5 Å². The van der Waals surface area contributed by atoms with Gasteiger partial charge in [-0.2, -0.15) is 0 Å². The first kappa shape index (κ1) is 16.0. The SMILES string of the molecule is CC(C)(C)c1ccc2cc(C(=O)NC[C@H]3COCCO3)[nH]c2c1. The van der Waals surface area contributed by atoms with Crippen LogP contribution in [0.1, 0.15) is 36.8 Å². The molecule has 1 aromatic carbocycles. The predicted molar refractivity (Wildman–Crippen MR) is 89.9 cm³/mol. The molecule has 1 saturated heterocycles. The number of carbonyl (C=O) groups excluding carboxylic acids is 1. The highest BCUT2D eigenvalue weighted by atomic mass is 16.6. The van der Waals surface area contributed by atoms with Gasteiger partial charge in [-0.1, -0.05) is 32.9 Å². The summed E-state index contributed by atoms with van der Waals surface area (Å²) < 4.78 is 10.9. The van der Waals surface area contributed by atoms with Gasteiger partial charge in [0.1, 0.15) is 5.69 Å². The second kappa shape index (κ2) is 6.34. The highest BCUT2D eigenvalue weighted by Gasteiger charge is 2.18. The van der Waals surface area contributed by atoms with Crippen LogP contribution in [0.2, 0.25) is 0 Å². The van der Waals surface area contributed by atoms with Crippen LogP contribution in [0.5, 0.6) is 0 Å². The van der Waals surface area contributed by atoms with E-state index in [-0.39, 0.29) is 17.4 Å².